The number of aliphatic hydroxyl groups excluding tert-OH is 1. The second-order valence-corrected chi connectivity index (χ2v) is 6.36. The summed E-state index contributed by atoms with van der Waals surface area (Å²) in [5.41, 5.74) is 4.80. The summed E-state index contributed by atoms with van der Waals surface area (Å²) in [6.07, 6.45) is -2.79. The van der Waals surface area contributed by atoms with Crippen LogP contribution in [0.5, 0.6) is 0 Å². The number of alkyl halides is 1. The van der Waals surface area contributed by atoms with Crippen LogP contribution < -0.4 is 11.5 Å². The molecule has 1 saturated heterocycles. The maximum atomic E-state index is 13.6. The van der Waals surface area contributed by atoms with Crippen molar-refractivity contribution in [2.75, 3.05) is 6.54 Å². The molecule has 1 aromatic carbocycles. The van der Waals surface area contributed by atoms with Gasteiger partial charge in [-0.05, 0) is 24.1 Å². The Morgan fingerprint density at radius 2 is 2.12 bits per heavy atom. The molecule has 1 aliphatic rings. The fraction of sp³-hybridized carbons (Fsp3) is 0.375. The van der Waals surface area contributed by atoms with Crippen LogP contribution in [0.25, 0.3) is 15.8 Å². The molecule has 5 N–H and O–H groups in total. The predicted molar refractivity (Wildman–Crippen MR) is 92.1 cm³/mol. The molecule has 2 heterocycles. The van der Waals surface area contributed by atoms with Crippen molar-refractivity contribution in [1.82, 2.24) is 16.5 Å². The topological polar surface area (TPSA) is 111 Å². The van der Waals surface area contributed by atoms with Gasteiger partial charge >= 0.3 is 0 Å². The molecular weight excluding hydrogens is 420 g/mol. The van der Waals surface area contributed by atoms with Crippen LogP contribution in [0.4, 0.5) is 4.39 Å². The van der Waals surface area contributed by atoms with Crippen LogP contribution in [0.1, 0.15) is 11.3 Å². The second kappa shape index (κ2) is 9.80. The maximum absolute atomic E-state index is 13.6. The summed E-state index contributed by atoms with van der Waals surface area (Å²) < 4.78 is 13.6. The van der Waals surface area contributed by atoms with E-state index in [4.69, 9.17) is 0 Å². The fourth-order valence-electron chi connectivity index (χ4n) is 2.51. The smallest absolute Gasteiger partial charge is 0.205 e. The van der Waals surface area contributed by atoms with Crippen molar-refractivity contribution in [2.45, 2.75) is 31.8 Å². The molecule has 1 fully saturated rings. The Morgan fingerprint density at radius 3 is 2.64 bits per heavy atom. The van der Waals surface area contributed by atoms with Crippen molar-refractivity contribution in [2.24, 2.45) is 0 Å². The molecule has 0 bridgehead atoms. The van der Waals surface area contributed by atoms with Crippen LogP contribution in [0, 0.1) is 6.92 Å². The molecule has 6 nitrogen and oxygen atoms in total. The van der Waals surface area contributed by atoms with E-state index in [2.05, 4.69) is 15.6 Å². The van der Waals surface area contributed by atoms with E-state index in [-0.39, 0.29) is 45.4 Å². The Hall–Kier alpha value is -0.766. The molecule has 9 heteroatoms. The number of aryl methyl sites for hydroxylation is 1. The number of thiazole rings is 1. The first kappa shape index (κ1) is 22.3. The summed E-state index contributed by atoms with van der Waals surface area (Å²) in [6.45, 7) is 2.24. The number of nitrogens with one attached hydrogen (secondary N) is 1. The summed E-state index contributed by atoms with van der Waals surface area (Å²) in [5.74, 6) is -0.489. The number of aromatic nitrogens is 1. The van der Waals surface area contributed by atoms with Gasteiger partial charge in [0.2, 0.25) is 5.91 Å². The van der Waals surface area contributed by atoms with Crippen molar-refractivity contribution in [3.8, 4) is 10.4 Å². The summed E-state index contributed by atoms with van der Waals surface area (Å²) in [4.78, 5) is 17.3. The summed E-state index contributed by atoms with van der Waals surface area (Å²) in [7, 11) is 0. The zero-order valence-electron chi connectivity index (χ0n) is 13.9. The van der Waals surface area contributed by atoms with Gasteiger partial charge < -0.3 is 21.9 Å². The van der Waals surface area contributed by atoms with E-state index in [0.717, 1.165) is 21.7 Å². The van der Waals surface area contributed by atoms with Gasteiger partial charge in [0.05, 0.1) is 22.2 Å². The van der Waals surface area contributed by atoms with Gasteiger partial charge in [0.15, 0.2) is 0 Å². The van der Waals surface area contributed by atoms with E-state index in [1.807, 2.05) is 36.7 Å². The van der Waals surface area contributed by atoms with Gasteiger partial charge in [-0.25, -0.2) is 9.37 Å². The minimum absolute atomic E-state index is 0. The Labute approximate surface area is 175 Å². The van der Waals surface area contributed by atoms with Crippen molar-refractivity contribution in [3.05, 3.63) is 46.4 Å². The first-order valence-corrected chi connectivity index (χ1v) is 8.20. The standard InChI is InChI=1S/C16H17FN3O2S.H3N.Y/c1-9-15(23-8-20-9)11-4-2-10(3-5-11)6-19-16(22)14-13(17)12(21)7-18-14;;/h2-5,8,12-14,21H,6-7H2,1H3,(H,19,22);1H3;/q-1;;/t12?,13?,14-;;/m0../s1. The van der Waals surface area contributed by atoms with E-state index in [0.29, 0.717) is 6.54 Å². The second-order valence-electron chi connectivity index (χ2n) is 5.50. The van der Waals surface area contributed by atoms with Gasteiger partial charge in [-0.1, -0.05) is 24.3 Å². The van der Waals surface area contributed by atoms with E-state index in [1.54, 1.807) is 11.3 Å². The first-order chi connectivity index (χ1) is 11.1. The van der Waals surface area contributed by atoms with Crippen LogP contribution in [0.2, 0.25) is 0 Å². The van der Waals surface area contributed by atoms with Crippen LogP contribution in [-0.2, 0) is 44.0 Å². The minimum atomic E-state index is -1.62. The number of amides is 1. The molecule has 3 atom stereocenters. The molecule has 133 valence electrons. The van der Waals surface area contributed by atoms with Crippen molar-refractivity contribution in [3.63, 3.8) is 0 Å². The Morgan fingerprint density at radius 1 is 1.44 bits per heavy atom. The molecule has 2 aromatic rings. The summed E-state index contributed by atoms with van der Waals surface area (Å²) in [6, 6.07) is 6.68. The zero-order chi connectivity index (χ0) is 16.4. The monoisotopic (exact) mass is 440 g/mol. The van der Waals surface area contributed by atoms with Crippen LogP contribution in [0.3, 0.4) is 0 Å². The summed E-state index contributed by atoms with van der Waals surface area (Å²) in [5, 5.41) is 15.8. The maximum Gasteiger partial charge on any atom is 0.205 e. The van der Waals surface area contributed by atoms with Crippen LogP contribution >= 0.6 is 11.3 Å². The molecule has 1 radical (unpaired) electrons. The molecule has 1 aliphatic heterocycles. The normalized spacial score (nSPS) is 22.0. The van der Waals surface area contributed by atoms with Crippen molar-refractivity contribution in [1.29, 1.82) is 0 Å². The van der Waals surface area contributed by atoms with E-state index < -0.39 is 24.2 Å². The fourth-order valence-corrected chi connectivity index (χ4v) is 3.32. The number of aliphatic hydroxyl groups is 1. The first-order valence-electron chi connectivity index (χ1n) is 7.32. The quantitative estimate of drug-likeness (QED) is 0.678. The number of halogens is 1. The number of hydrogen-bond acceptors (Lipinski definition) is 5. The van der Waals surface area contributed by atoms with Gasteiger partial charge in [0.25, 0.3) is 0 Å². The molecule has 0 aliphatic carbocycles. The minimum Gasteiger partial charge on any atom is -0.647 e. The van der Waals surface area contributed by atoms with E-state index >= 15 is 0 Å². The number of nitrogens with zero attached hydrogens (tertiary/aromatic N) is 2. The number of benzene rings is 1. The van der Waals surface area contributed by atoms with Crippen molar-refractivity contribution >= 4 is 17.2 Å². The molecule has 1 amide bonds. The molecular formula is C16H20FN4O2SY-. The Bertz CT molecular complexity index is 698. The van der Waals surface area contributed by atoms with Gasteiger partial charge in [-0.15, -0.1) is 17.9 Å². The zero-order valence-corrected chi connectivity index (χ0v) is 17.5. The largest absolute Gasteiger partial charge is 0.647 e. The van der Waals surface area contributed by atoms with E-state index in [1.165, 1.54) is 0 Å². The average molecular weight is 440 g/mol. The Balaban J connectivity index is 0.00000156. The molecule has 2 unspecified atom stereocenters. The molecule has 3 rings (SSSR count). The number of carbonyl (C=O) groups excluding carboxylic acids is 1. The van der Waals surface area contributed by atoms with Crippen LogP contribution in [0.15, 0.2) is 29.8 Å². The molecule has 25 heavy (non-hydrogen) atoms. The van der Waals surface area contributed by atoms with E-state index in [9.17, 15) is 14.3 Å². The molecule has 0 saturated carbocycles. The van der Waals surface area contributed by atoms with Gasteiger partial charge in [-0.2, -0.15) is 0 Å². The number of rotatable bonds is 4. The van der Waals surface area contributed by atoms with Gasteiger partial charge in [0.1, 0.15) is 6.17 Å². The SMILES string of the molecule is Cc1ncsc1-c1ccc(CNC(=O)[C@H]2[N-]CC(O)C2F)cc1.N.[Y]. The number of hydrogen-bond donors (Lipinski definition) is 3. The summed E-state index contributed by atoms with van der Waals surface area (Å²) >= 11 is 1.59. The molecule has 0 spiro atoms. The van der Waals surface area contributed by atoms with Gasteiger partial charge in [-0.3, -0.25) is 4.79 Å². The van der Waals surface area contributed by atoms with Crippen molar-refractivity contribution < 1.29 is 47.0 Å². The third kappa shape index (κ3) is 5.12. The Kier molecular flexibility index (Phi) is 8.73. The number of carbonyl (C=O) groups is 1. The molecule has 1 aromatic heterocycles. The third-order valence-corrected chi connectivity index (χ3v) is 4.83. The third-order valence-electron chi connectivity index (χ3n) is 3.86. The van der Waals surface area contributed by atoms with Gasteiger partial charge in [0, 0.05) is 39.3 Å². The van der Waals surface area contributed by atoms with Crippen LogP contribution in [-0.4, -0.2) is 40.9 Å². The average Bonchev–Trinajstić information content (AvgIpc) is 3.12. The predicted octanol–water partition coefficient (Wildman–Crippen LogP) is 2.35.